The maximum absolute atomic E-state index is 10.7. The highest BCUT2D eigenvalue weighted by atomic mass is 16.4. The van der Waals surface area contributed by atoms with Gasteiger partial charge in [-0.3, -0.25) is 4.79 Å². The van der Waals surface area contributed by atoms with Crippen LogP contribution < -0.4 is 0 Å². The van der Waals surface area contributed by atoms with Crippen molar-refractivity contribution in [2.45, 2.75) is 45.6 Å². The first-order valence-electron chi connectivity index (χ1n) is 5.74. The third-order valence-corrected chi connectivity index (χ3v) is 2.63. The van der Waals surface area contributed by atoms with Gasteiger partial charge in [-0.2, -0.15) is 0 Å². The Hall–Kier alpha value is -1.43. The van der Waals surface area contributed by atoms with Crippen LogP contribution in [0.1, 0.15) is 50.5 Å². The lowest BCUT2D eigenvalue weighted by atomic mass is 10.1. The van der Waals surface area contributed by atoms with Crippen molar-refractivity contribution in [3.63, 3.8) is 0 Å². The Morgan fingerprint density at radius 3 is 2.53 bits per heavy atom. The monoisotopic (exact) mass is 241 g/mol. The van der Waals surface area contributed by atoms with E-state index in [-0.39, 0.29) is 25.0 Å². The summed E-state index contributed by atoms with van der Waals surface area (Å²) >= 11 is 0. The first-order valence-corrected chi connectivity index (χ1v) is 5.74. The number of aliphatic hydroxyl groups excluding tert-OH is 1. The molecule has 96 valence electrons. The molecule has 0 aromatic carbocycles. The van der Waals surface area contributed by atoms with Crippen molar-refractivity contribution in [3.8, 4) is 0 Å². The minimum Gasteiger partial charge on any atom is -0.481 e. The van der Waals surface area contributed by atoms with Crippen molar-refractivity contribution >= 4 is 5.97 Å². The summed E-state index contributed by atoms with van der Waals surface area (Å²) in [5.74, 6) is -0.755. The first kappa shape index (κ1) is 13.6. The van der Waals surface area contributed by atoms with Gasteiger partial charge in [0.25, 0.3) is 0 Å². The van der Waals surface area contributed by atoms with Crippen LogP contribution in [-0.2, 0) is 11.2 Å². The second-order valence-electron chi connectivity index (χ2n) is 4.45. The molecule has 0 saturated carbocycles. The minimum atomic E-state index is -0.909. The lowest BCUT2D eigenvalue weighted by Crippen LogP contribution is -2.14. The molecule has 1 rings (SSSR count). The highest BCUT2D eigenvalue weighted by molar-refractivity contribution is 5.69. The Labute approximate surface area is 100 Å². The van der Waals surface area contributed by atoms with Crippen LogP contribution >= 0.6 is 0 Å². The van der Waals surface area contributed by atoms with Crippen molar-refractivity contribution < 1.29 is 15.0 Å². The molecule has 0 fully saturated rings. The molecule has 6 nitrogen and oxygen atoms in total. The number of nitrogens with zero attached hydrogens (tertiary/aromatic N) is 3. The van der Waals surface area contributed by atoms with Crippen molar-refractivity contribution in [2.24, 2.45) is 0 Å². The molecular weight excluding hydrogens is 222 g/mol. The fraction of sp³-hybridized carbons (Fsp3) is 0.727. The number of carboxylic acids is 1. The van der Waals surface area contributed by atoms with Gasteiger partial charge in [-0.05, 0) is 19.3 Å². The highest BCUT2D eigenvalue weighted by Crippen LogP contribution is 2.22. The van der Waals surface area contributed by atoms with E-state index in [4.69, 9.17) is 10.2 Å². The number of aliphatic carboxylic acids is 1. The Balaban J connectivity index is 3.05. The molecule has 1 aromatic rings. The van der Waals surface area contributed by atoms with Gasteiger partial charge < -0.3 is 10.2 Å². The van der Waals surface area contributed by atoms with Crippen molar-refractivity contribution in [3.05, 3.63) is 11.4 Å². The standard InChI is InChI=1S/C11H19N3O3/c1-7(2)11-9(6-10(16)17)12-13-14(11)8(3)4-5-15/h7-8,15H,4-6H2,1-3H3,(H,16,17). The quantitative estimate of drug-likeness (QED) is 0.774. The first-order chi connectivity index (χ1) is 7.97. The van der Waals surface area contributed by atoms with Gasteiger partial charge >= 0.3 is 5.97 Å². The third-order valence-electron chi connectivity index (χ3n) is 2.63. The third kappa shape index (κ3) is 3.26. The fourth-order valence-corrected chi connectivity index (χ4v) is 1.84. The summed E-state index contributed by atoms with van der Waals surface area (Å²) in [4.78, 5) is 10.7. The van der Waals surface area contributed by atoms with Crippen molar-refractivity contribution in [2.75, 3.05) is 6.61 Å². The van der Waals surface area contributed by atoms with Crippen LogP contribution in [0.2, 0.25) is 0 Å². The fourth-order valence-electron chi connectivity index (χ4n) is 1.84. The maximum Gasteiger partial charge on any atom is 0.309 e. The van der Waals surface area contributed by atoms with Gasteiger partial charge in [0.2, 0.25) is 0 Å². The second-order valence-corrected chi connectivity index (χ2v) is 4.45. The summed E-state index contributed by atoms with van der Waals surface area (Å²) in [5.41, 5.74) is 1.35. The Bertz CT molecular complexity index is 387. The van der Waals surface area contributed by atoms with Gasteiger partial charge in [-0.1, -0.05) is 19.1 Å². The van der Waals surface area contributed by atoms with E-state index >= 15 is 0 Å². The molecular formula is C11H19N3O3. The second kappa shape index (κ2) is 5.77. The summed E-state index contributed by atoms with van der Waals surface area (Å²) in [7, 11) is 0. The summed E-state index contributed by atoms with van der Waals surface area (Å²) in [6.07, 6.45) is 0.467. The largest absolute Gasteiger partial charge is 0.481 e. The molecule has 0 aliphatic rings. The Kier molecular flexibility index (Phi) is 4.62. The zero-order chi connectivity index (χ0) is 13.0. The molecule has 6 heteroatoms. The number of carbonyl (C=O) groups is 1. The van der Waals surface area contributed by atoms with Gasteiger partial charge in [0.1, 0.15) is 0 Å². The summed E-state index contributed by atoms with van der Waals surface area (Å²) in [5, 5.41) is 25.7. The van der Waals surface area contributed by atoms with Crippen LogP contribution in [0.25, 0.3) is 0 Å². The van der Waals surface area contributed by atoms with E-state index < -0.39 is 5.97 Å². The molecule has 17 heavy (non-hydrogen) atoms. The Morgan fingerprint density at radius 1 is 1.41 bits per heavy atom. The average Bonchev–Trinajstić information content (AvgIpc) is 2.60. The van der Waals surface area contributed by atoms with E-state index in [1.54, 1.807) is 4.68 Å². The molecule has 0 aliphatic heterocycles. The van der Waals surface area contributed by atoms with Crippen LogP contribution in [0.4, 0.5) is 0 Å². The van der Waals surface area contributed by atoms with Crippen LogP contribution in [0.3, 0.4) is 0 Å². The van der Waals surface area contributed by atoms with Crippen LogP contribution in [0.15, 0.2) is 0 Å². The zero-order valence-corrected chi connectivity index (χ0v) is 10.4. The van der Waals surface area contributed by atoms with Crippen LogP contribution in [0, 0.1) is 0 Å². The molecule has 0 amide bonds. The summed E-state index contributed by atoms with van der Waals surface area (Å²) in [6, 6.07) is 0.0208. The van der Waals surface area contributed by atoms with Crippen molar-refractivity contribution in [1.82, 2.24) is 15.0 Å². The van der Waals surface area contributed by atoms with Gasteiger partial charge in [0.15, 0.2) is 0 Å². The van der Waals surface area contributed by atoms with Gasteiger partial charge in [-0.25, -0.2) is 4.68 Å². The SMILES string of the molecule is CC(C)c1c(CC(=O)O)nnn1C(C)CCO. The lowest BCUT2D eigenvalue weighted by Gasteiger charge is -2.16. The highest BCUT2D eigenvalue weighted by Gasteiger charge is 2.20. The molecule has 2 N–H and O–H groups in total. The number of aliphatic hydroxyl groups is 1. The molecule has 1 atom stereocenters. The van der Waals surface area contributed by atoms with Gasteiger partial charge in [-0.15, -0.1) is 5.10 Å². The van der Waals surface area contributed by atoms with E-state index in [0.29, 0.717) is 12.1 Å². The van der Waals surface area contributed by atoms with E-state index in [2.05, 4.69) is 10.3 Å². The molecule has 0 radical (unpaired) electrons. The maximum atomic E-state index is 10.7. The Morgan fingerprint density at radius 2 is 2.06 bits per heavy atom. The predicted octanol–water partition coefficient (Wildman–Crippen LogP) is 0.972. The van der Waals surface area contributed by atoms with E-state index in [0.717, 1.165) is 5.69 Å². The lowest BCUT2D eigenvalue weighted by molar-refractivity contribution is -0.136. The number of hydrogen-bond acceptors (Lipinski definition) is 4. The normalized spacial score (nSPS) is 13.0. The van der Waals surface area contributed by atoms with Crippen LogP contribution in [0.5, 0.6) is 0 Å². The van der Waals surface area contributed by atoms with E-state index in [1.807, 2.05) is 20.8 Å². The summed E-state index contributed by atoms with van der Waals surface area (Å²) in [6.45, 7) is 5.96. The molecule has 1 heterocycles. The van der Waals surface area contributed by atoms with E-state index in [9.17, 15) is 4.79 Å². The molecule has 0 bridgehead atoms. The number of rotatable bonds is 6. The molecule has 1 aromatic heterocycles. The predicted molar refractivity (Wildman–Crippen MR) is 61.9 cm³/mol. The average molecular weight is 241 g/mol. The number of aromatic nitrogens is 3. The van der Waals surface area contributed by atoms with Gasteiger partial charge in [0, 0.05) is 6.61 Å². The smallest absolute Gasteiger partial charge is 0.309 e. The molecule has 0 spiro atoms. The molecule has 0 saturated heterocycles. The topological polar surface area (TPSA) is 88.2 Å². The van der Waals surface area contributed by atoms with Gasteiger partial charge in [0.05, 0.1) is 23.9 Å². The molecule has 0 aliphatic carbocycles. The van der Waals surface area contributed by atoms with E-state index in [1.165, 1.54) is 0 Å². The summed E-state index contributed by atoms with van der Waals surface area (Å²) < 4.78 is 1.72. The van der Waals surface area contributed by atoms with Crippen molar-refractivity contribution in [1.29, 1.82) is 0 Å². The minimum absolute atomic E-state index is 0.0208. The molecule has 1 unspecified atom stereocenters. The number of carboxylic acid groups (broad SMARTS) is 1. The zero-order valence-electron chi connectivity index (χ0n) is 10.4. The number of hydrogen-bond donors (Lipinski definition) is 2. The van der Waals surface area contributed by atoms with Crippen LogP contribution in [-0.4, -0.2) is 37.8 Å².